The number of esters is 1. The van der Waals surface area contributed by atoms with E-state index in [2.05, 4.69) is 9.97 Å². The Morgan fingerprint density at radius 3 is 2.41 bits per heavy atom. The maximum atomic E-state index is 12.3. The number of pyridine rings is 1. The summed E-state index contributed by atoms with van der Waals surface area (Å²) in [6.07, 6.45) is 9.63. The maximum Gasteiger partial charge on any atom is 0.315 e. The van der Waals surface area contributed by atoms with Gasteiger partial charge in [-0.1, -0.05) is 42.5 Å². The van der Waals surface area contributed by atoms with Crippen molar-refractivity contribution < 1.29 is 9.53 Å². The number of para-hydroxylation sites is 1. The number of hydrogen-bond donors (Lipinski definition) is 1. The lowest BCUT2D eigenvalue weighted by molar-refractivity contribution is -0.133. The molecule has 27 heavy (non-hydrogen) atoms. The number of rotatable bonds is 5. The quantitative estimate of drug-likeness (QED) is 0.410. The van der Waals surface area contributed by atoms with Crippen LogP contribution in [0, 0.1) is 0 Å². The van der Waals surface area contributed by atoms with Gasteiger partial charge in [0, 0.05) is 29.5 Å². The van der Waals surface area contributed by atoms with Crippen LogP contribution in [-0.4, -0.2) is 15.9 Å². The Balaban J connectivity index is 1.39. The smallest absolute Gasteiger partial charge is 0.315 e. The van der Waals surface area contributed by atoms with Crippen LogP contribution in [0.25, 0.3) is 23.1 Å². The molecule has 0 radical (unpaired) electrons. The number of aromatic amines is 1. The third-order valence-electron chi connectivity index (χ3n) is 4.30. The number of H-pyrrole nitrogens is 1. The van der Waals surface area contributed by atoms with Crippen LogP contribution in [0.4, 0.5) is 0 Å². The molecule has 0 saturated carbocycles. The van der Waals surface area contributed by atoms with E-state index in [9.17, 15) is 4.79 Å². The molecule has 0 atom stereocenters. The summed E-state index contributed by atoms with van der Waals surface area (Å²) in [6, 6.07) is 19.3. The van der Waals surface area contributed by atoms with Gasteiger partial charge >= 0.3 is 5.97 Å². The van der Waals surface area contributed by atoms with Crippen molar-refractivity contribution >= 4 is 29.0 Å². The monoisotopic (exact) mass is 354 g/mol. The second-order valence-corrected chi connectivity index (χ2v) is 6.19. The molecule has 0 aliphatic heterocycles. The van der Waals surface area contributed by atoms with Crippen LogP contribution in [0.5, 0.6) is 5.75 Å². The molecule has 0 fully saturated rings. The normalized spacial score (nSPS) is 11.1. The molecule has 1 N–H and O–H groups in total. The predicted octanol–water partition coefficient (Wildman–Crippen LogP) is 4.88. The number of carbonyl (C=O) groups excluding carboxylic acids is 1. The zero-order chi connectivity index (χ0) is 18.5. The first kappa shape index (κ1) is 16.8. The van der Waals surface area contributed by atoms with Gasteiger partial charge in [0.25, 0.3) is 0 Å². The first-order valence-electron chi connectivity index (χ1n) is 8.72. The van der Waals surface area contributed by atoms with Gasteiger partial charge in [0.05, 0.1) is 6.42 Å². The number of fused-ring (bicyclic) bond motifs is 1. The molecule has 2 aromatic heterocycles. The van der Waals surface area contributed by atoms with Crippen LogP contribution in [0.15, 0.2) is 79.3 Å². The first-order chi connectivity index (χ1) is 13.3. The van der Waals surface area contributed by atoms with Crippen LogP contribution in [-0.2, 0) is 11.2 Å². The number of benzene rings is 2. The largest absolute Gasteiger partial charge is 0.426 e. The van der Waals surface area contributed by atoms with Crippen molar-refractivity contribution in [2.75, 3.05) is 0 Å². The Bertz CT molecular complexity index is 1080. The topological polar surface area (TPSA) is 55.0 Å². The second-order valence-electron chi connectivity index (χ2n) is 6.19. The highest BCUT2D eigenvalue weighted by Crippen LogP contribution is 2.20. The van der Waals surface area contributed by atoms with Gasteiger partial charge in [-0.3, -0.25) is 9.78 Å². The highest BCUT2D eigenvalue weighted by atomic mass is 16.5. The summed E-state index contributed by atoms with van der Waals surface area (Å²) in [5, 5.41) is 1.05. The lowest BCUT2D eigenvalue weighted by Crippen LogP contribution is -2.10. The molecule has 2 heterocycles. The molecule has 4 nitrogen and oxygen atoms in total. The molecular formula is C23H18N2O2. The van der Waals surface area contributed by atoms with Crippen molar-refractivity contribution in [3.8, 4) is 5.75 Å². The highest BCUT2D eigenvalue weighted by molar-refractivity contribution is 5.87. The molecule has 0 aliphatic carbocycles. The molecule has 4 rings (SSSR count). The lowest BCUT2D eigenvalue weighted by Gasteiger charge is -2.04. The molecule has 0 amide bonds. The summed E-state index contributed by atoms with van der Waals surface area (Å²) >= 11 is 0. The molecule has 0 aliphatic rings. The highest BCUT2D eigenvalue weighted by Gasteiger charge is 2.10. The van der Waals surface area contributed by atoms with Gasteiger partial charge in [0.2, 0.25) is 0 Å². The van der Waals surface area contributed by atoms with Gasteiger partial charge in [-0.05, 0) is 47.0 Å². The fourth-order valence-electron chi connectivity index (χ4n) is 2.91. The van der Waals surface area contributed by atoms with E-state index in [0.717, 1.165) is 27.6 Å². The number of nitrogens with one attached hydrogen (secondary N) is 1. The number of nitrogens with zero attached hydrogens (tertiary/aromatic N) is 1. The van der Waals surface area contributed by atoms with Gasteiger partial charge in [-0.25, -0.2) is 0 Å². The van der Waals surface area contributed by atoms with Crippen LogP contribution in [0.2, 0.25) is 0 Å². The summed E-state index contributed by atoms with van der Waals surface area (Å²) < 4.78 is 5.47. The minimum atomic E-state index is -0.278. The molecule has 0 unspecified atom stereocenters. The Morgan fingerprint density at radius 1 is 0.926 bits per heavy atom. The van der Waals surface area contributed by atoms with Crippen LogP contribution >= 0.6 is 0 Å². The SMILES string of the molecule is O=C(Cc1c[nH]c2ccccc12)Oc1ccc(/C=C/c2ccncc2)cc1. The van der Waals surface area contributed by atoms with Crippen molar-refractivity contribution in [3.63, 3.8) is 0 Å². The summed E-state index contributed by atoms with van der Waals surface area (Å²) in [5.74, 6) is 0.265. The zero-order valence-electron chi connectivity index (χ0n) is 14.6. The van der Waals surface area contributed by atoms with E-state index in [4.69, 9.17) is 4.74 Å². The third-order valence-corrected chi connectivity index (χ3v) is 4.30. The average Bonchev–Trinajstić information content (AvgIpc) is 3.11. The van der Waals surface area contributed by atoms with Crippen molar-refractivity contribution in [2.45, 2.75) is 6.42 Å². The molecule has 132 valence electrons. The number of hydrogen-bond acceptors (Lipinski definition) is 3. The van der Waals surface area contributed by atoms with E-state index in [0.29, 0.717) is 5.75 Å². The minimum absolute atomic E-state index is 0.230. The lowest BCUT2D eigenvalue weighted by atomic mass is 10.1. The maximum absolute atomic E-state index is 12.3. The van der Waals surface area contributed by atoms with E-state index in [-0.39, 0.29) is 12.4 Å². The summed E-state index contributed by atoms with van der Waals surface area (Å²) in [7, 11) is 0. The van der Waals surface area contributed by atoms with Gasteiger partial charge < -0.3 is 9.72 Å². The fraction of sp³-hybridized carbons (Fsp3) is 0.0435. The molecule has 4 aromatic rings. The Hall–Kier alpha value is -3.66. The van der Waals surface area contributed by atoms with Crippen molar-refractivity contribution in [1.82, 2.24) is 9.97 Å². The Kier molecular flexibility index (Phi) is 4.79. The third kappa shape index (κ3) is 4.12. The first-order valence-corrected chi connectivity index (χ1v) is 8.72. The van der Waals surface area contributed by atoms with Crippen molar-refractivity contribution in [3.05, 3.63) is 95.9 Å². The minimum Gasteiger partial charge on any atom is -0.426 e. The number of ether oxygens (including phenoxy) is 1. The van der Waals surface area contributed by atoms with E-state index in [1.54, 1.807) is 24.5 Å². The van der Waals surface area contributed by atoms with Crippen molar-refractivity contribution in [1.29, 1.82) is 0 Å². The molecule has 0 bridgehead atoms. The van der Waals surface area contributed by atoms with E-state index in [1.165, 1.54) is 0 Å². The standard InChI is InChI=1S/C23H18N2O2/c26-23(15-19-16-25-22-4-2-1-3-21(19)22)27-20-9-7-17(8-10-20)5-6-18-11-13-24-14-12-18/h1-14,16,25H,15H2/b6-5+. The van der Waals surface area contributed by atoms with Gasteiger partial charge in [-0.2, -0.15) is 0 Å². The van der Waals surface area contributed by atoms with E-state index >= 15 is 0 Å². The zero-order valence-corrected chi connectivity index (χ0v) is 14.6. The fourth-order valence-corrected chi connectivity index (χ4v) is 2.91. The predicted molar refractivity (Wildman–Crippen MR) is 107 cm³/mol. The van der Waals surface area contributed by atoms with Gasteiger partial charge in [0.1, 0.15) is 5.75 Å². The summed E-state index contributed by atoms with van der Waals surface area (Å²) in [6.45, 7) is 0. The van der Waals surface area contributed by atoms with E-state index < -0.39 is 0 Å². The Labute approximate surface area is 157 Å². The van der Waals surface area contributed by atoms with E-state index in [1.807, 2.05) is 66.9 Å². The van der Waals surface area contributed by atoms with Gasteiger partial charge in [0.15, 0.2) is 0 Å². The van der Waals surface area contributed by atoms with Crippen LogP contribution < -0.4 is 4.74 Å². The second kappa shape index (κ2) is 7.70. The molecule has 2 aromatic carbocycles. The van der Waals surface area contributed by atoms with Crippen LogP contribution in [0.1, 0.15) is 16.7 Å². The molecule has 0 saturated heterocycles. The molecule has 0 spiro atoms. The van der Waals surface area contributed by atoms with Crippen LogP contribution in [0.3, 0.4) is 0 Å². The molecule has 4 heteroatoms. The Morgan fingerprint density at radius 2 is 1.63 bits per heavy atom. The summed E-state index contributed by atoms with van der Waals surface area (Å²) in [5.41, 5.74) is 4.07. The average molecular weight is 354 g/mol. The molecular weight excluding hydrogens is 336 g/mol. The number of carbonyl (C=O) groups is 1. The number of aromatic nitrogens is 2. The van der Waals surface area contributed by atoms with Gasteiger partial charge in [-0.15, -0.1) is 0 Å². The summed E-state index contributed by atoms with van der Waals surface area (Å²) in [4.78, 5) is 19.4. The van der Waals surface area contributed by atoms with Crippen molar-refractivity contribution in [2.24, 2.45) is 0 Å².